The fourth-order valence-corrected chi connectivity index (χ4v) is 5.35. The highest BCUT2D eigenvalue weighted by atomic mass is 16.8. The van der Waals surface area contributed by atoms with Crippen molar-refractivity contribution in [2.45, 2.75) is 30.5 Å². The molecule has 3 aliphatic rings. The van der Waals surface area contributed by atoms with Crippen LogP contribution >= 0.6 is 0 Å². The molecular weight excluding hydrogens is 446 g/mol. The molecule has 0 unspecified atom stereocenters. The average Bonchev–Trinajstić information content (AvgIpc) is 3.34. The molecule has 2 saturated heterocycles. The second-order valence-corrected chi connectivity index (χ2v) is 9.27. The minimum atomic E-state index is -1.19. The molecule has 7 heteroatoms. The summed E-state index contributed by atoms with van der Waals surface area (Å²) in [6.45, 7) is 1.51. The van der Waals surface area contributed by atoms with E-state index in [2.05, 4.69) is 48.5 Å². The molecule has 0 radical (unpaired) electrons. The number of hydrogen-bond acceptors (Lipinski definition) is 6. The van der Waals surface area contributed by atoms with Crippen molar-refractivity contribution in [2.75, 3.05) is 26.3 Å². The molecule has 3 aromatic rings. The number of morpholine rings is 1. The van der Waals surface area contributed by atoms with Gasteiger partial charge >= 0.3 is 5.97 Å². The first-order valence-electron chi connectivity index (χ1n) is 11.9. The monoisotopic (exact) mass is 473 g/mol. The summed E-state index contributed by atoms with van der Waals surface area (Å²) < 4.78 is 17.9. The van der Waals surface area contributed by atoms with E-state index in [0.717, 1.165) is 5.56 Å². The van der Waals surface area contributed by atoms with Crippen LogP contribution < -0.4 is 0 Å². The predicted molar refractivity (Wildman–Crippen MR) is 127 cm³/mol. The van der Waals surface area contributed by atoms with Crippen molar-refractivity contribution >= 4 is 5.97 Å². The van der Waals surface area contributed by atoms with Gasteiger partial charge in [-0.3, -0.25) is 4.84 Å². The van der Waals surface area contributed by atoms with Crippen LogP contribution in [0.1, 0.15) is 22.6 Å². The summed E-state index contributed by atoms with van der Waals surface area (Å²) in [7, 11) is 0. The molecule has 0 spiro atoms. The molecule has 2 heterocycles. The molecule has 6 rings (SSSR count). The van der Waals surface area contributed by atoms with E-state index >= 15 is 0 Å². The number of fused-ring (bicyclic) bond motifs is 5. The van der Waals surface area contributed by atoms with E-state index in [4.69, 9.17) is 19.0 Å². The molecule has 3 aromatic carbocycles. The summed E-state index contributed by atoms with van der Waals surface area (Å²) in [6.07, 6.45) is -1.69. The van der Waals surface area contributed by atoms with Gasteiger partial charge in [0.2, 0.25) is 5.79 Å². The molecule has 180 valence electrons. The molecule has 7 nitrogen and oxygen atoms in total. The minimum Gasteiger partial charge on any atom is -0.479 e. The van der Waals surface area contributed by atoms with Crippen molar-refractivity contribution in [1.82, 2.24) is 5.06 Å². The second kappa shape index (κ2) is 9.18. The Bertz CT molecular complexity index is 1170. The van der Waals surface area contributed by atoms with E-state index in [9.17, 15) is 9.90 Å². The smallest absolute Gasteiger partial charge is 0.335 e. The standard InChI is InChI=1S/C28H27NO6/c30-27(31)26-25-14-29(17-28(34-25,35-26)18-32-15-19-8-2-1-3-9-19)33-16-24-22-12-6-4-10-20(22)21-11-5-7-13-23(21)24/h1-13,24-26H,14-18H2,(H,30,31)/t25-,26-,28+/m0/s1. The summed E-state index contributed by atoms with van der Waals surface area (Å²) >= 11 is 0. The molecule has 3 atom stereocenters. The molecular formula is C28H27NO6. The molecule has 2 bridgehead atoms. The molecule has 0 aromatic heterocycles. The lowest BCUT2D eigenvalue weighted by molar-refractivity contribution is -0.296. The summed E-state index contributed by atoms with van der Waals surface area (Å²) in [4.78, 5) is 18.1. The van der Waals surface area contributed by atoms with Gasteiger partial charge in [0.15, 0.2) is 6.10 Å². The van der Waals surface area contributed by atoms with Crippen LogP contribution in [-0.4, -0.2) is 60.4 Å². The van der Waals surface area contributed by atoms with Crippen LogP contribution in [-0.2, 0) is 30.4 Å². The van der Waals surface area contributed by atoms with Crippen LogP contribution in [0, 0.1) is 0 Å². The zero-order valence-corrected chi connectivity index (χ0v) is 19.2. The quantitative estimate of drug-likeness (QED) is 0.533. The summed E-state index contributed by atoms with van der Waals surface area (Å²) in [5.74, 6) is -2.13. The maximum absolute atomic E-state index is 11.8. The second-order valence-electron chi connectivity index (χ2n) is 9.27. The average molecular weight is 474 g/mol. The Morgan fingerprint density at radius 3 is 2.29 bits per heavy atom. The van der Waals surface area contributed by atoms with Gasteiger partial charge < -0.3 is 19.3 Å². The van der Waals surface area contributed by atoms with Crippen molar-refractivity contribution in [2.24, 2.45) is 0 Å². The Kier molecular flexibility index (Phi) is 5.88. The maximum atomic E-state index is 11.8. The van der Waals surface area contributed by atoms with Crippen molar-refractivity contribution < 1.29 is 28.9 Å². The van der Waals surface area contributed by atoms with Crippen LogP contribution in [0.4, 0.5) is 0 Å². The number of nitrogens with zero attached hydrogens (tertiary/aromatic N) is 1. The fourth-order valence-electron chi connectivity index (χ4n) is 5.35. The topological polar surface area (TPSA) is 77.5 Å². The zero-order chi connectivity index (χ0) is 23.8. The number of benzene rings is 3. The first kappa shape index (κ1) is 22.4. The number of aliphatic carboxylic acids is 1. The first-order chi connectivity index (χ1) is 17.1. The number of hydrogen-bond donors (Lipinski definition) is 1. The van der Waals surface area contributed by atoms with Crippen molar-refractivity contribution in [3.63, 3.8) is 0 Å². The fraction of sp³-hybridized carbons (Fsp3) is 0.321. The van der Waals surface area contributed by atoms with E-state index in [0.29, 0.717) is 19.8 Å². The van der Waals surface area contributed by atoms with Gasteiger partial charge in [-0.05, 0) is 27.8 Å². The van der Waals surface area contributed by atoms with E-state index in [1.807, 2.05) is 30.3 Å². The van der Waals surface area contributed by atoms with Gasteiger partial charge in [-0.2, -0.15) is 5.06 Å². The molecule has 0 saturated carbocycles. The molecule has 1 aliphatic carbocycles. The molecule has 0 amide bonds. The Morgan fingerprint density at radius 1 is 0.943 bits per heavy atom. The minimum absolute atomic E-state index is 0.101. The number of carboxylic acid groups (broad SMARTS) is 1. The summed E-state index contributed by atoms with van der Waals surface area (Å²) in [6, 6.07) is 26.6. The molecule has 2 fully saturated rings. The lowest BCUT2D eigenvalue weighted by atomic mass is 9.98. The van der Waals surface area contributed by atoms with Gasteiger partial charge in [0.1, 0.15) is 12.7 Å². The summed E-state index contributed by atoms with van der Waals surface area (Å²) in [5.41, 5.74) is 5.98. The highest BCUT2D eigenvalue weighted by Gasteiger charge is 2.56. The molecule has 35 heavy (non-hydrogen) atoms. The third-order valence-corrected chi connectivity index (χ3v) is 6.91. The zero-order valence-electron chi connectivity index (χ0n) is 19.2. The van der Waals surface area contributed by atoms with E-state index in [1.54, 1.807) is 5.06 Å². The Labute approximate surface area is 203 Å². The number of hydroxylamine groups is 2. The van der Waals surface area contributed by atoms with Crippen molar-refractivity contribution in [1.29, 1.82) is 0 Å². The van der Waals surface area contributed by atoms with Crippen molar-refractivity contribution in [3.8, 4) is 11.1 Å². The first-order valence-corrected chi connectivity index (χ1v) is 11.9. The highest BCUT2D eigenvalue weighted by Crippen LogP contribution is 2.45. The van der Waals surface area contributed by atoms with Gasteiger partial charge in [-0.1, -0.05) is 78.9 Å². The van der Waals surface area contributed by atoms with Crippen LogP contribution in [0.5, 0.6) is 0 Å². The normalized spacial score (nSPS) is 25.4. The Balaban J connectivity index is 1.16. The van der Waals surface area contributed by atoms with Crippen molar-refractivity contribution in [3.05, 3.63) is 95.6 Å². The largest absolute Gasteiger partial charge is 0.479 e. The van der Waals surface area contributed by atoms with Gasteiger partial charge in [-0.25, -0.2) is 4.79 Å². The molecule has 2 aliphatic heterocycles. The van der Waals surface area contributed by atoms with E-state index in [1.165, 1.54) is 22.3 Å². The maximum Gasteiger partial charge on any atom is 0.335 e. The van der Waals surface area contributed by atoms with E-state index in [-0.39, 0.29) is 19.1 Å². The van der Waals surface area contributed by atoms with Crippen LogP contribution in [0.15, 0.2) is 78.9 Å². The van der Waals surface area contributed by atoms with Gasteiger partial charge in [-0.15, -0.1) is 0 Å². The molecule has 1 N–H and O–H groups in total. The van der Waals surface area contributed by atoms with E-state index < -0.39 is 24.0 Å². The third-order valence-electron chi connectivity index (χ3n) is 6.91. The Hall–Kier alpha value is -3.07. The predicted octanol–water partition coefficient (Wildman–Crippen LogP) is 3.83. The van der Waals surface area contributed by atoms with Crippen LogP contribution in [0.25, 0.3) is 11.1 Å². The van der Waals surface area contributed by atoms with Gasteiger partial charge in [0.25, 0.3) is 0 Å². The van der Waals surface area contributed by atoms with Crippen LogP contribution in [0.3, 0.4) is 0 Å². The Morgan fingerprint density at radius 2 is 1.60 bits per heavy atom. The van der Waals surface area contributed by atoms with Crippen LogP contribution in [0.2, 0.25) is 0 Å². The number of rotatable bonds is 8. The SMILES string of the molecule is O=C(O)[C@H]1O[C@@]2(COCc3ccccc3)CN(OCC3c4ccccc4-c4ccccc43)C[C@@H]1O2. The third kappa shape index (κ3) is 4.26. The number of ether oxygens (including phenoxy) is 3. The van der Waals surface area contributed by atoms with Gasteiger partial charge in [0, 0.05) is 5.92 Å². The number of carbonyl (C=O) groups is 1. The lowest BCUT2D eigenvalue weighted by Gasteiger charge is -2.37. The lowest BCUT2D eigenvalue weighted by Crippen LogP contribution is -2.53. The summed E-state index contributed by atoms with van der Waals surface area (Å²) in [5, 5.41) is 11.5. The number of carboxylic acids is 1. The highest BCUT2D eigenvalue weighted by molar-refractivity contribution is 5.78. The van der Waals surface area contributed by atoms with Gasteiger partial charge in [0.05, 0.1) is 26.3 Å².